The number of aryl methyl sites for hydroxylation is 1. The van der Waals surface area contributed by atoms with Gasteiger partial charge in [0.25, 0.3) is 5.91 Å². The number of thiophene rings is 1. The first kappa shape index (κ1) is 18.0. The molecule has 0 bridgehead atoms. The second kappa shape index (κ2) is 7.72. The zero-order chi connectivity index (χ0) is 18.8. The van der Waals surface area contributed by atoms with E-state index in [2.05, 4.69) is 0 Å². The smallest absolute Gasteiger partial charge is 0.263 e. The van der Waals surface area contributed by atoms with Crippen LogP contribution in [0.2, 0.25) is 0 Å². The number of anilines is 1. The van der Waals surface area contributed by atoms with Crippen molar-refractivity contribution in [2.24, 2.45) is 5.92 Å². The van der Waals surface area contributed by atoms with Crippen LogP contribution in [0, 0.1) is 5.92 Å². The van der Waals surface area contributed by atoms with Crippen LogP contribution in [-0.2, 0) is 11.2 Å². The highest BCUT2D eigenvalue weighted by Crippen LogP contribution is 2.33. The van der Waals surface area contributed by atoms with Crippen LogP contribution < -0.4 is 9.64 Å². The van der Waals surface area contributed by atoms with E-state index in [9.17, 15) is 9.59 Å². The van der Waals surface area contributed by atoms with Gasteiger partial charge in [0.2, 0.25) is 5.91 Å². The molecule has 2 amide bonds. The number of likely N-dealkylation sites (tertiary alicyclic amines) is 1. The number of piperidine rings is 1. The number of nitrogens with zero attached hydrogens (tertiary/aromatic N) is 2. The van der Waals surface area contributed by atoms with E-state index in [-0.39, 0.29) is 17.7 Å². The van der Waals surface area contributed by atoms with Gasteiger partial charge in [-0.25, -0.2) is 0 Å². The van der Waals surface area contributed by atoms with Crippen molar-refractivity contribution in [1.29, 1.82) is 0 Å². The zero-order valence-corrected chi connectivity index (χ0v) is 16.3. The normalized spacial score (nSPS) is 19.5. The summed E-state index contributed by atoms with van der Waals surface area (Å²) in [5.41, 5.74) is 2.16. The highest BCUT2D eigenvalue weighted by Gasteiger charge is 2.33. The molecule has 1 atom stereocenters. The summed E-state index contributed by atoms with van der Waals surface area (Å²) in [7, 11) is 1.66. The minimum Gasteiger partial charge on any atom is -0.497 e. The van der Waals surface area contributed by atoms with Crippen LogP contribution in [-0.4, -0.2) is 43.5 Å². The lowest BCUT2D eigenvalue weighted by molar-refractivity contribution is -0.123. The van der Waals surface area contributed by atoms with E-state index in [4.69, 9.17) is 4.74 Å². The van der Waals surface area contributed by atoms with Gasteiger partial charge >= 0.3 is 0 Å². The Labute approximate surface area is 163 Å². The molecule has 2 aliphatic heterocycles. The molecule has 27 heavy (non-hydrogen) atoms. The van der Waals surface area contributed by atoms with Gasteiger partial charge in [-0.1, -0.05) is 6.07 Å². The average Bonchev–Trinajstić information content (AvgIpc) is 3.26. The van der Waals surface area contributed by atoms with Crippen LogP contribution in [0.15, 0.2) is 35.7 Å². The van der Waals surface area contributed by atoms with E-state index in [1.54, 1.807) is 7.11 Å². The maximum Gasteiger partial charge on any atom is 0.263 e. The lowest BCUT2D eigenvalue weighted by Crippen LogP contribution is -2.48. The SMILES string of the molecule is COc1ccc2c(c1)CCCN2C(=O)[C@H]1CCCN(C(=O)c2cccs2)C1. The molecule has 0 saturated carbocycles. The van der Waals surface area contributed by atoms with Crippen LogP contribution in [0.1, 0.15) is 34.5 Å². The molecule has 1 aromatic heterocycles. The number of methoxy groups -OCH3 is 1. The molecule has 4 rings (SSSR count). The molecule has 1 aromatic carbocycles. The summed E-state index contributed by atoms with van der Waals surface area (Å²) >= 11 is 1.46. The number of hydrogen-bond acceptors (Lipinski definition) is 4. The molecule has 0 spiro atoms. The van der Waals surface area contributed by atoms with Gasteiger partial charge in [0.15, 0.2) is 0 Å². The van der Waals surface area contributed by atoms with E-state index >= 15 is 0 Å². The molecule has 0 N–H and O–H groups in total. The van der Waals surface area contributed by atoms with Gasteiger partial charge in [0.1, 0.15) is 5.75 Å². The highest BCUT2D eigenvalue weighted by molar-refractivity contribution is 7.12. The number of hydrogen-bond donors (Lipinski definition) is 0. The van der Waals surface area contributed by atoms with Gasteiger partial charge in [-0.15, -0.1) is 11.3 Å². The summed E-state index contributed by atoms with van der Waals surface area (Å²) in [5.74, 6) is 0.889. The Hall–Kier alpha value is -2.34. The summed E-state index contributed by atoms with van der Waals surface area (Å²) in [6, 6.07) is 9.68. The third-order valence-corrected chi connectivity index (χ3v) is 6.32. The minimum atomic E-state index is -0.129. The Morgan fingerprint density at radius 3 is 2.85 bits per heavy atom. The van der Waals surface area contributed by atoms with Crippen molar-refractivity contribution in [3.8, 4) is 5.75 Å². The van der Waals surface area contributed by atoms with Crippen LogP contribution in [0.5, 0.6) is 5.75 Å². The fraction of sp³-hybridized carbons (Fsp3) is 0.429. The van der Waals surface area contributed by atoms with Gasteiger partial charge in [-0.2, -0.15) is 0 Å². The molecule has 2 aromatic rings. The quantitative estimate of drug-likeness (QED) is 0.813. The first-order chi connectivity index (χ1) is 13.2. The molecule has 0 aliphatic carbocycles. The molecular weight excluding hydrogens is 360 g/mol. The lowest BCUT2D eigenvalue weighted by atomic mass is 9.94. The molecule has 1 saturated heterocycles. The van der Waals surface area contributed by atoms with Gasteiger partial charge < -0.3 is 14.5 Å². The van der Waals surface area contributed by atoms with Crippen LogP contribution >= 0.6 is 11.3 Å². The Morgan fingerprint density at radius 2 is 2.07 bits per heavy atom. The Kier molecular flexibility index (Phi) is 5.16. The van der Waals surface area contributed by atoms with Crippen molar-refractivity contribution in [2.45, 2.75) is 25.7 Å². The molecule has 5 nitrogen and oxygen atoms in total. The van der Waals surface area contributed by atoms with Crippen molar-refractivity contribution in [1.82, 2.24) is 4.90 Å². The second-order valence-corrected chi connectivity index (χ2v) is 8.10. The number of rotatable bonds is 3. The highest BCUT2D eigenvalue weighted by atomic mass is 32.1. The fourth-order valence-corrected chi connectivity index (χ4v) is 4.76. The van der Waals surface area contributed by atoms with Crippen molar-refractivity contribution < 1.29 is 14.3 Å². The summed E-state index contributed by atoms with van der Waals surface area (Å²) in [6.07, 6.45) is 3.63. The molecule has 2 aliphatic rings. The van der Waals surface area contributed by atoms with Crippen LogP contribution in [0.4, 0.5) is 5.69 Å². The maximum absolute atomic E-state index is 13.3. The Bertz CT molecular complexity index is 834. The summed E-state index contributed by atoms with van der Waals surface area (Å²) in [5, 5.41) is 1.92. The predicted molar refractivity (Wildman–Crippen MR) is 107 cm³/mol. The van der Waals surface area contributed by atoms with Crippen molar-refractivity contribution >= 4 is 28.8 Å². The summed E-state index contributed by atoms with van der Waals surface area (Å²) in [4.78, 5) is 30.5. The number of amides is 2. The molecule has 142 valence electrons. The van der Waals surface area contributed by atoms with E-state index in [0.717, 1.165) is 60.7 Å². The fourth-order valence-electron chi connectivity index (χ4n) is 4.07. The largest absolute Gasteiger partial charge is 0.497 e. The van der Waals surface area contributed by atoms with E-state index < -0.39 is 0 Å². The number of fused-ring (bicyclic) bond motifs is 1. The van der Waals surface area contributed by atoms with Crippen molar-refractivity contribution in [2.75, 3.05) is 31.6 Å². The standard InChI is InChI=1S/C21H24N2O3S/c1-26-17-8-9-18-15(13-17)5-3-11-23(18)20(24)16-6-2-10-22(14-16)21(25)19-7-4-12-27-19/h4,7-9,12-13,16H,2-3,5-6,10-11,14H2,1H3/t16-/m0/s1. The first-order valence-electron chi connectivity index (χ1n) is 9.48. The molecular formula is C21H24N2O3S. The van der Waals surface area contributed by atoms with E-state index in [0.29, 0.717) is 6.54 Å². The van der Waals surface area contributed by atoms with E-state index in [1.807, 2.05) is 45.5 Å². The van der Waals surface area contributed by atoms with Gasteiger partial charge in [0.05, 0.1) is 17.9 Å². The third-order valence-electron chi connectivity index (χ3n) is 5.46. The van der Waals surface area contributed by atoms with E-state index in [1.165, 1.54) is 11.3 Å². The number of carbonyl (C=O) groups is 2. The second-order valence-electron chi connectivity index (χ2n) is 7.16. The monoisotopic (exact) mass is 384 g/mol. The Morgan fingerprint density at radius 1 is 1.19 bits per heavy atom. The Balaban J connectivity index is 1.51. The van der Waals surface area contributed by atoms with Gasteiger partial charge in [-0.05, 0) is 60.9 Å². The number of ether oxygens (including phenoxy) is 1. The number of benzene rings is 1. The third kappa shape index (κ3) is 3.58. The van der Waals surface area contributed by atoms with Crippen LogP contribution in [0.3, 0.4) is 0 Å². The zero-order valence-electron chi connectivity index (χ0n) is 15.5. The van der Waals surface area contributed by atoms with Gasteiger partial charge in [0, 0.05) is 25.3 Å². The molecule has 0 radical (unpaired) electrons. The molecule has 6 heteroatoms. The minimum absolute atomic E-state index is 0.0475. The molecule has 3 heterocycles. The topological polar surface area (TPSA) is 49.9 Å². The van der Waals surface area contributed by atoms with Crippen molar-refractivity contribution in [3.05, 3.63) is 46.2 Å². The maximum atomic E-state index is 13.3. The summed E-state index contributed by atoms with van der Waals surface area (Å²) < 4.78 is 5.32. The predicted octanol–water partition coefficient (Wildman–Crippen LogP) is 3.59. The molecule has 0 unspecified atom stereocenters. The number of carbonyl (C=O) groups excluding carboxylic acids is 2. The van der Waals surface area contributed by atoms with Crippen LogP contribution in [0.25, 0.3) is 0 Å². The lowest BCUT2D eigenvalue weighted by Gasteiger charge is -2.37. The van der Waals surface area contributed by atoms with Crippen molar-refractivity contribution in [3.63, 3.8) is 0 Å². The average molecular weight is 385 g/mol. The molecule has 1 fully saturated rings. The summed E-state index contributed by atoms with van der Waals surface area (Å²) in [6.45, 7) is 1.99. The van der Waals surface area contributed by atoms with Gasteiger partial charge in [-0.3, -0.25) is 9.59 Å². The first-order valence-corrected chi connectivity index (χ1v) is 10.4.